The van der Waals surface area contributed by atoms with Crippen molar-refractivity contribution in [2.45, 2.75) is 31.2 Å². The Bertz CT molecular complexity index is 690. The second-order valence-corrected chi connectivity index (χ2v) is 7.36. The van der Waals surface area contributed by atoms with Crippen LogP contribution in [0, 0.1) is 0 Å². The third-order valence-corrected chi connectivity index (χ3v) is 4.04. The van der Waals surface area contributed by atoms with Crippen LogP contribution >= 0.6 is 11.8 Å². The van der Waals surface area contributed by atoms with Gasteiger partial charge in [0, 0.05) is 21.6 Å². The van der Waals surface area contributed by atoms with Gasteiger partial charge in [0.05, 0.1) is 5.75 Å². The van der Waals surface area contributed by atoms with Gasteiger partial charge in [0.1, 0.15) is 0 Å². The number of hydrogen-bond acceptors (Lipinski definition) is 3. The molecule has 2 aromatic carbocycles. The van der Waals surface area contributed by atoms with Gasteiger partial charge < -0.3 is 5.32 Å². The second kappa shape index (κ2) is 7.47. The fourth-order valence-corrected chi connectivity index (χ4v) is 2.85. The van der Waals surface area contributed by atoms with Crippen LogP contribution in [0.5, 0.6) is 0 Å². The van der Waals surface area contributed by atoms with Gasteiger partial charge >= 0.3 is 0 Å². The molecule has 0 heterocycles. The number of carbonyl (C=O) groups is 2. The van der Waals surface area contributed by atoms with Crippen LogP contribution in [-0.2, 0) is 0 Å². The van der Waals surface area contributed by atoms with Gasteiger partial charge in [0.2, 0.25) is 0 Å². The largest absolute Gasteiger partial charge is 0.347 e. The normalized spacial score (nSPS) is 11.1. The summed E-state index contributed by atoms with van der Waals surface area (Å²) in [5.74, 6) is 0.337. The van der Waals surface area contributed by atoms with Crippen molar-refractivity contribution in [3.8, 4) is 0 Å². The number of benzene rings is 2. The molecule has 23 heavy (non-hydrogen) atoms. The molecule has 2 rings (SSSR count). The Morgan fingerprint density at radius 3 is 2.26 bits per heavy atom. The van der Waals surface area contributed by atoms with E-state index in [2.05, 4.69) is 5.32 Å². The first kappa shape index (κ1) is 17.3. The average Bonchev–Trinajstić information content (AvgIpc) is 2.52. The van der Waals surface area contributed by atoms with Gasteiger partial charge in [0.25, 0.3) is 5.91 Å². The minimum Gasteiger partial charge on any atom is -0.347 e. The number of hydrogen-bond donors (Lipinski definition) is 1. The molecule has 0 aliphatic rings. The van der Waals surface area contributed by atoms with E-state index in [0.29, 0.717) is 16.9 Å². The summed E-state index contributed by atoms with van der Waals surface area (Å²) in [6, 6.07) is 16.6. The first-order valence-electron chi connectivity index (χ1n) is 7.49. The summed E-state index contributed by atoms with van der Waals surface area (Å²) in [6.07, 6.45) is 0. The quantitative estimate of drug-likeness (QED) is 0.661. The molecule has 0 saturated heterocycles. The maximum atomic E-state index is 12.2. The lowest BCUT2D eigenvalue weighted by Gasteiger charge is -2.20. The van der Waals surface area contributed by atoms with Gasteiger partial charge in [0.15, 0.2) is 5.78 Å². The first-order chi connectivity index (χ1) is 10.8. The fraction of sp³-hybridized carbons (Fsp3) is 0.263. The molecule has 0 spiro atoms. The summed E-state index contributed by atoms with van der Waals surface area (Å²) in [5.41, 5.74) is 1.04. The van der Waals surface area contributed by atoms with Gasteiger partial charge in [-0.05, 0) is 39.0 Å². The van der Waals surface area contributed by atoms with E-state index in [1.54, 1.807) is 6.07 Å². The Morgan fingerprint density at radius 2 is 1.61 bits per heavy atom. The zero-order valence-electron chi connectivity index (χ0n) is 13.6. The molecule has 1 amide bonds. The highest BCUT2D eigenvalue weighted by Crippen LogP contribution is 2.21. The van der Waals surface area contributed by atoms with Crippen LogP contribution in [0.15, 0.2) is 59.5 Å². The zero-order valence-corrected chi connectivity index (χ0v) is 14.4. The van der Waals surface area contributed by atoms with Crippen LogP contribution < -0.4 is 5.32 Å². The molecule has 0 radical (unpaired) electrons. The van der Waals surface area contributed by atoms with E-state index in [1.807, 2.05) is 69.3 Å². The predicted octanol–water partition coefficient (Wildman–Crippen LogP) is 4.19. The number of Topliss-reactive ketones (excluding diaryl/α,β-unsaturated/α-hetero) is 1. The molecule has 120 valence electrons. The maximum Gasteiger partial charge on any atom is 0.251 e. The minimum absolute atomic E-state index is 0.0835. The van der Waals surface area contributed by atoms with Crippen LogP contribution in [0.4, 0.5) is 0 Å². The molecule has 3 nitrogen and oxygen atoms in total. The summed E-state index contributed by atoms with van der Waals surface area (Å²) < 4.78 is 0. The van der Waals surface area contributed by atoms with Crippen LogP contribution in [0.2, 0.25) is 0 Å². The SMILES string of the molecule is CC(C)(C)NC(=O)c1cccc(SCC(=O)c2ccccc2)c1. The Labute approximate surface area is 141 Å². The molecule has 4 heteroatoms. The summed E-state index contributed by atoms with van der Waals surface area (Å²) in [5, 5.41) is 2.94. The molecule has 0 atom stereocenters. The summed E-state index contributed by atoms with van der Waals surface area (Å²) in [4.78, 5) is 25.2. The smallest absolute Gasteiger partial charge is 0.251 e. The monoisotopic (exact) mass is 327 g/mol. The number of thioether (sulfide) groups is 1. The predicted molar refractivity (Wildman–Crippen MR) is 95.2 cm³/mol. The van der Waals surface area contributed by atoms with E-state index in [9.17, 15) is 9.59 Å². The maximum absolute atomic E-state index is 12.2. The van der Waals surface area contributed by atoms with Crippen molar-refractivity contribution in [2.75, 3.05) is 5.75 Å². The lowest BCUT2D eigenvalue weighted by Crippen LogP contribution is -2.40. The van der Waals surface area contributed by atoms with Gasteiger partial charge in [-0.15, -0.1) is 11.8 Å². The molecule has 0 fully saturated rings. The number of amides is 1. The molecule has 0 aromatic heterocycles. The molecule has 1 N–H and O–H groups in total. The number of nitrogens with one attached hydrogen (secondary N) is 1. The van der Waals surface area contributed by atoms with Crippen molar-refractivity contribution in [3.63, 3.8) is 0 Å². The third-order valence-electron chi connectivity index (χ3n) is 3.05. The highest BCUT2D eigenvalue weighted by atomic mass is 32.2. The standard InChI is InChI=1S/C19H21NO2S/c1-19(2,3)20-18(22)15-10-7-11-16(12-15)23-13-17(21)14-8-5-4-6-9-14/h4-12H,13H2,1-3H3,(H,20,22). The van der Waals surface area contributed by atoms with Crippen LogP contribution in [0.3, 0.4) is 0 Å². The molecular formula is C19H21NO2S. The first-order valence-corrected chi connectivity index (χ1v) is 8.47. The van der Waals surface area contributed by atoms with Crippen molar-refractivity contribution >= 4 is 23.5 Å². The number of carbonyl (C=O) groups excluding carboxylic acids is 2. The van der Waals surface area contributed by atoms with Crippen molar-refractivity contribution in [1.82, 2.24) is 5.32 Å². The molecule has 2 aromatic rings. The molecular weight excluding hydrogens is 306 g/mol. The van der Waals surface area contributed by atoms with E-state index >= 15 is 0 Å². The van der Waals surface area contributed by atoms with Crippen molar-refractivity contribution in [3.05, 3.63) is 65.7 Å². The van der Waals surface area contributed by atoms with Gasteiger partial charge in [-0.1, -0.05) is 36.4 Å². The van der Waals surface area contributed by atoms with Crippen molar-refractivity contribution in [1.29, 1.82) is 0 Å². The molecule has 0 saturated carbocycles. The third kappa shape index (κ3) is 5.57. The Morgan fingerprint density at radius 1 is 0.957 bits per heavy atom. The highest BCUT2D eigenvalue weighted by Gasteiger charge is 2.15. The molecule has 0 unspecified atom stereocenters. The van der Waals surface area contributed by atoms with E-state index < -0.39 is 0 Å². The topological polar surface area (TPSA) is 46.2 Å². The van der Waals surface area contributed by atoms with Crippen LogP contribution in [-0.4, -0.2) is 23.0 Å². The van der Waals surface area contributed by atoms with Crippen LogP contribution in [0.1, 0.15) is 41.5 Å². The highest BCUT2D eigenvalue weighted by molar-refractivity contribution is 8.00. The molecule has 0 bridgehead atoms. The van der Waals surface area contributed by atoms with Crippen molar-refractivity contribution in [2.24, 2.45) is 0 Å². The minimum atomic E-state index is -0.274. The van der Waals surface area contributed by atoms with Gasteiger partial charge in [-0.2, -0.15) is 0 Å². The van der Waals surface area contributed by atoms with Gasteiger partial charge in [-0.25, -0.2) is 0 Å². The fourth-order valence-electron chi connectivity index (χ4n) is 2.00. The molecule has 0 aliphatic carbocycles. The Hall–Kier alpha value is -2.07. The molecule has 0 aliphatic heterocycles. The van der Waals surface area contributed by atoms with E-state index in [1.165, 1.54) is 11.8 Å². The summed E-state index contributed by atoms with van der Waals surface area (Å²) in [6.45, 7) is 5.84. The average molecular weight is 327 g/mol. The Kier molecular flexibility index (Phi) is 5.61. The number of ketones is 1. The second-order valence-electron chi connectivity index (χ2n) is 6.31. The zero-order chi connectivity index (χ0) is 16.9. The summed E-state index contributed by atoms with van der Waals surface area (Å²) >= 11 is 1.44. The van der Waals surface area contributed by atoms with Crippen molar-refractivity contribution < 1.29 is 9.59 Å². The van der Waals surface area contributed by atoms with Crippen LogP contribution in [0.25, 0.3) is 0 Å². The van der Waals surface area contributed by atoms with E-state index in [-0.39, 0.29) is 17.2 Å². The Balaban J connectivity index is 2.00. The summed E-state index contributed by atoms with van der Waals surface area (Å²) in [7, 11) is 0. The van der Waals surface area contributed by atoms with E-state index in [4.69, 9.17) is 0 Å². The lowest BCUT2D eigenvalue weighted by molar-refractivity contribution is 0.0918. The van der Waals surface area contributed by atoms with E-state index in [0.717, 1.165) is 4.90 Å². The van der Waals surface area contributed by atoms with Gasteiger partial charge in [-0.3, -0.25) is 9.59 Å². The number of rotatable bonds is 5. The lowest BCUT2D eigenvalue weighted by atomic mass is 10.1.